The van der Waals surface area contributed by atoms with Crippen molar-refractivity contribution in [3.05, 3.63) is 64.7 Å². The van der Waals surface area contributed by atoms with Crippen LogP contribution in [0, 0.1) is 0 Å². The van der Waals surface area contributed by atoms with Crippen LogP contribution in [0.4, 0.5) is 18.9 Å². The SMILES string of the molecule is O=C(Nc1ccccc1C(F)(F)F)[C@@H](Cl)c1ccccc1Cl. The first-order valence-electron chi connectivity index (χ1n) is 6.16. The molecule has 0 saturated carbocycles. The highest BCUT2D eigenvalue weighted by molar-refractivity contribution is 6.36. The molecule has 0 bridgehead atoms. The zero-order valence-corrected chi connectivity index (χ0v) is 12.5. The quantitative estimate of drug-likeness (QED) is 0.752. The van der Waals surface area contributed by atoms with Gasteiger partial charge in [0.05, 0.1) is 11.3 Å². The Balaban J connectivity index is 2.25. The lowest BCUT2D eigenvalue weighted by atomic mass is 10.1. The standard InChI is InChI=1S/C15H10Cl2F3NO/c16-11-7-3-1-5-9(11)13(17)14(22)21-12-8-4-2-6-10(12)15(18,19)20/h1-8,13H,(H,21,22)/t13-/m0/s1. The average Bonchev–Trinajstić information content (AvgIpc) is 2.46. The van der Waals surface area contributed by atoms with Crippen molar-refractivity contribution in [3.8, 4) is 0 Å². The molecule has 1 N–H and O–H groups in total. The number of anilines is 1. The average molecular weight is 348 g/mol. The Bertz CT molecular complexity index is 688. The van der Waals surface area contributed by atoms with Crippen LogP contribution in [0.15, 0.2) is 48.5 Å². The number of rotatable bonds is 3. The van der Waals surface area contributed by atoms with Crippen LogP contribution < -0.4 is 5.32 Å². The first-order chi connectivity index (χ1) is 10.3. The number of amides is 1. The maximum absolute atomic E-state index is 12.9. The van der Waals surface area contributed by atoms with Crippen LogP contribution in [0.2, 0.25) is 5.02 Å². The van der Waals surface area contributed by atoms with Crippen molar-refractivity contribution in [3.63, 3.8) is 0 Å². The number of hydrogen-bond donors (Lipinski definition) is 1. The van der Waals surface area contributed by atoms with Crippen LogP contribution in [-0.4, -0.2) is 5.91 Å². The minimum Gasteiger partial charge on any atom is -0.324 e. The van der Waals surface area contributed by atoms with Crippen molar-refractivity contribution in [1.82, 2.24) is 0 Å². The van der Waals surface area contributed by atoms with Crippen molar-refractivity contribution in [2.24, 2.45) is 0 Å². The summed E-state index contributed by atoms with van der Waals surface area (Å²) in [5.74, 6) is -0.786. The summed E-state index contributed by atoms with van der Waals surface area (Å²) in [7, 11) is 0. The lowest BCUT2D eigenvalue weighted by Crippen LogP contribution is -2.20. The lowest BCUT2D eigenvalue weighted by Gasteiger charge is -2.16. The van der Waals surface area contributed by atoms with Gasteiger partial charge in [-0.2, -0.15) is 13.2 Å². The van der Waals surface area contributed by atoms with Crippen molar-refractivity contribution in [2.45, 2.75) is 11.6 Å². The second-order valence-corrected chi connectivity index (χ2v) is 5.26. The number of benzene rings is 2. The van der Waals surface area contributed by atoms with E-state index in [2.05, 4.69) is 5.32 Å². The summed E-state index contributed by atoms with van der Waals surface area (Å²) in [6.07, 6.45) is -4.57. The molecule has 22 heavy (non-hydrogen) atoms. The minimum absolute atomic E-state index is 0.266. The number of carbonyl (C=O) groups excluding carboxylic acids is 1. The normalized spacial score (nSPS) is 12.8. The number of para-hydroxylation sites is 1. The molecule has 7 heteroatoms. The van der Waals surface area contributed by atoms with Gasteiger partial charge in [-0.1, -0.05) is 41.9 Å². The van der Waals surface area contributed by atoms with Crippen molar-refractivity contribution >= 4 is 34.8 Å². The second kappa shape index (κ2) is 6.58. The molecule has 0 heterocycles. The molecule has 0 aliphatic rings. The van der Waals surface area contributed by atoms with Gasteiger partial charge in [0.2, 0.25) is 5.91 Å². The van der Waals surface area contributed by atoms with Crippen LogP contribution in [0.1, 0.15) is 16.5 Å². The Morgan fingerprint density at radius 3 is 2.27 bits per heavy atom. The smallest absolute Gasteiger partial charge is 0.324 e. The van der Waals surface area contributed by atoms with E-state index in [9.17, 15) is 18.0 Å². The third-order valence-electron chi connectivity index (χ3n) is 2.90. The molecular formula is C15H10Cl2F3NO. The number of halogens is 5. The molecule has 0 aliphatic heterocycles. The van der Waals surface area contributed by atoms with E-state index in [1.165, 1.54) is 18.2 Å². The fourth-order valence-electron chi connectivity index (χ4n) is 1.86. The maximum atomic E-state index is 12.9. The molecule has 0 spiro atoms. The predicted molar refractivity (Wildman–Crippen MR) is 80.1 cm³/mol. The Morgan fingerprint density at radius 2 is 1.64 bits per heavy atom. The molecule has 116 valence electrons. The fourth-order valence-corrected chi connectivity index (χ4v) is 2.40. The van der Waals surface area contributed by atoms with Crippen LogP contribution in [0.25, 0.3) is 0 Å². The van der Waals surface area contributed by atoms with Gasteiger partial charge in [0.15, 0.2) is 0 Å². The van der Waals surface area contributed by atoms with E-state index < -0.39 is 23.0 Å². The van der Waals surface area contributed by atoms with E-state index in [4.69, 9.17) is 23.2 Å². The summed E-state index contributed by atoms with van der Waals surface area (Å²) in [6.45, 7) is 0. The Hall–Kier alpha value is -1.72. The molecule has 0 aliphatic carbocycles. The summed E-state index contributed by atoms with van der Waals surface area (Å²) >= 11 is 11.9. The molecule has 0 fully saturated rings. The van der Waals surface area contributed by atoms with Gasteiger partial charge in [0.25, 0.3) is 0 Å². The van der Waals surface area contributed by atoms with Crippen LogP contribution in [0.5, 0.6) is 0 Å². The van der Waals surface area contributed by atoms with Gasteiger partial charge in [-0.25, -0.2) is 0 Å². The van der Waals surface area contributed by atoms with Gasteiger partial charge in [-0.15, -0.1) is 11.6 Å². The first kappa shape index (κ1) is 16.6. The van der Waals surface area contributed by atoms with E-state index in [1.807, 2.05) is 0 Å². The van der Waals surface area contributed by atoms with Crippen molar-refractivity contribution in [1.29, 1.82) is 0 Å². The zero-order chi connectivity index (χ0) is 16.3. The first-order valence-corrected chi connectivity index (χ1v) is 6.97. The van der Waals surface area contributed by atoms with Crippen molar-refractivity contribution < 1.29 is 18.0 Å². The van der Waals surface area contributed by atoms with E-state index in [1.54, 1.807) is 18.2 Å². The Morgan fingerprint density at radius 1 is 1.05 bits per heavy atom. The van der Waals surface area contributed by atoms with Gasteiger partial charge >= 0.3 is 6.18 Å². The number of nitrogens with one attached hydrogen (secondary N) is 1. The largest absolute Gasteiger partial charge is 0.418 e. The van der Waals surface area contributed by atoms with Gasteiger partial charge < -0.3 is 5.32 Å². The molecule has 2 aromatic carbocycles. The fraction of sp³-hybridized carbons (Fsp3) is 0.133. The summed E-state index contributed by atoms with van der Waals surface area (Å²) in [5.41, 5.74) is -0.961. The van der Waals surface area contributed by atoms with E-state index >= 15 is 0 Å². The summed E-state index contributed by atoms with van der Waals surface area (Å²) < 4.78 is 38.6. The molecule has 0 saturated heterocycles. The Kier molecular flexibility index (Phi) is 4.98. The topological polar surface area (TPSA) is 29.1 Å². The van der Waals surface area contributed by atoms with E-state index in [0.717, 1.165) is 12.1 Å². The molecule has 2 aromatic rings. The minimum atomic E-state index is -4.57. The van der Waals surface area contributed by atoms with Gasteiger partial charge in [0, 0.05) is 5.02 Å². The molecule has 2 rings (SSSR count). The summed E-state index contributed by atoms with van der Waals surface area (Å²) in [4.78, 5) is 12.1. The van der Waals surface area contributed by atoms with E-state index in [-0.39, 0.29) is 10.7 Å². The second-order valence-electron chi connectivity index (χ2n) is 4.42. The van der Waals surface area contributed by atoms with Gasteiger partial charge in [-0.3, -0.25) is 4.79 Å². The van der Waals surface area contributed by atoms with E-state index in [0.29, 0.717) is 5.56 Å². The molecule has 0 aromatic heterocycles. The molecule has 1 atom stereocenters. The Labute approximate surface area is 134 Å². The molecular weight excluding hydrogens is 338 g/mol. The van der Waals surface area contributed by atoms with Crippen molar-refractivity contribution in [2.75, 3.05) is 5.32 Å². The highest BCUT2D eigenvalue weighted by atomic mass is 35.5. The van der Waals surface area contributed by atoms with Gasteiger partial charge in [0.1, 0.15) is 5.38 Å². The summed E-state index contributed by atoms with van der Waals surface area (Å²) in [6, 6.07) is 11.1. The number of alkyl halides is 4. The molecule has 0 unspecified atom stereocenters. The van der Waals surface area contributed by atoms with Crippen LogP contribution in [0.3, 0.4) is 0 Å². The number of hydrogen-bond acceptors (Lipinski definition) is 1. The monoisotopic (exact) mass is 347 g/mol. The predicted octanol–water partition coefficient (Wildman–Crippen LogP) is 5.28. The number of carbonyl (C=O) groups is 1. The molecule has 1 amide bonds. The lowest BCUT2D eigenvalue weighted by molar-refractivity contribution is -0.137. The molecule has 2 nitrogen and oxygen atoms in total. The van der Waals surface area contributed by atoms with Crippen LogP contribution in [-0.2, 0) is 11.0 Å². The maximum Gasteiger partial charge on any atom is 0.418 e. The van der Waals surface area contributed by atoms with Gasteiger partial charge in [-0.05, 0) is 23.8 Å². The van der Waals surface area contributed by atoms with Crippen LogP contribution >= 0.6 is 23.2 Å². The molecule has 0 radical (unpaired) electrons. The zero-order valence-electron chi connectivity index (χ0n) is 11.0. The summed E-state index contributed by atoms with van der Waals surface area (Å²) in [5, 5.41) is 1.26. The third kappa shape index (κ3) is 3.72. The highest BCUT2D eigenvalue weighted by Gasteiger charge is 2.34. The third-order valence-corrected chi connectivity index (χ3v) is 3.68. The highest BCUT2D eigenvalue weighted by Crippen LogP contribution is 2.35.